The zero-order chi connectivity index (χ0) is 29.4. The fraction of sp³-hybridized carbons (Fsp3) is 0.121. The van der Waals surface area contributed by atoms with Gasteiger partial charge in [0.15, 0.2) is 4.80 Å². The Kier molecular flexibility index (Phi) is 7.62. The predicted octanol–water partition coefficient (Wildman–Crippen LogP) is 6.41. The first-order valence-electron chi connectivity index (χ1n) is 13.2. The van der Waals surface area contributed by atoms with Crippen molar-refractivity contribution in [3.63, 3.8) is 0 Å². The highest BCUT2D eigenvalue weighted by molar-refractivity contribution is 9.10. The van der Waals surface area contributed by atoms with Crippen LogP contribution in [0, 0.1) is 12.7 Å². The Hall–Kier alpha value is -4.34. The van der Waals surface area contributed by atoms with Crippen molar-refractivity contribution in [3.8, 4) is 11.3 Å². The van der Waals surface area contributed by atoms with Crippen molar-refractivity contribution in [2.24, 2.45) is 4.99 Å². The smallest absolute Gasteiger partial charge is 0.338 e. The first kappa shape index (κ1) is 27.8. The van der Waals surface area contributed by atoms with Crippen LogP contribution in [0.3, 0.4) is 0 Å². The summed E-state index contributed by atoms with van der Waals surface area (Å²) < 4.78 is 28.3. The first-order valence-corrected chi connectivity index (χ1v) is 14.9. The third kappa shape index (κ3) is 5.21. The van der Waals surface area contributed by atoms with Gasteiger partial charge in [-0.15, -0.1) is 0 Å². The molecule has 0 radical (unpaired) electrons. The quantitative estimate of drug-likeness (QED) is 0.201. The van der Waals surface area contributed by atoms with Gasteiger partial charge in [-0.3, -0.25) is 9.36 Å². The molecule has 0 saturated heterocycles. The van der Waals surface area contributed by atoms with E-state index in [4.69, 9.17) is 14.1 Å². The topological polar surface area (TPSA) is 73.8 Å². The maximum absolute atomic E-state index is 14.0. The van der Waals surface area contributed by atoms with E-state index in [1.54, 1.807) is 31.2 Å². The minimum Gasteiger partial charge on any atom is -0.463 e. The number of nitrogens with zero attached hydrogens (tertiary/aromatic N) is 2. The molecule has 0 spiro atoms. The molecular weight excluding hydrogens is 619 g/mol. The van der Waals surface area contributed by atoms with E-state index in [1.165, 1.54) is 28.0 Å². The van der Waals surface area contributed by atoms with Crippen molar-refractivity contribution in [2.75, 3.05) is 6.61 Å². The van der Waals surface area contributed by atoms with Gasteiger partial charge in [0.25, 0.3) is 5.56 Å². The fourth-order valence-corrected chi connectivity index (χ4v) is 6.59. The molecule has 1 aliphatic rings. The van der Waals surface area contributed by atoms with Crippen molar-refractivity contribution in [1.82, 2.24) is 4.57 Å². The Labute approximate surface area is 252 Å². The van der Waals surface area contributed by atoms with E-state index in [1.807, 2.05) is 61.5 Å². The largest absolute Gasteiger partial charge is 0.463 e. The number of carbonyl (C=O) groups excluding carboxylic acids is 1. The van der Waals surface area contributed by atoms with Crippen molar-refractivity contribution in [3.05, 3.63) is 143 Å². The molecule has 0 unspecified atom stereocenters. The van der Waals surface area contributed by atoms with Gasteiger partial charge in [-0.2, -0.15) is 0 Å². The molecule has 1 atom stereocenters. The van der Waals surface area contributed by atoms with Gasteiger partial charge in [0, 0.05) is 21.7 Å². The summed E-state index contributed by atoms with van der Waals surface area (Å²) in [5.41, 5.74) is 3.52. The Morgan fingerprint density at radius 2 is 1.86 bits per heavy atom. The summed E-state index contributed by atoms with van der Waals surface area (Å²) in [4.78, 5) is 32.7. The van der Waals surface area contributed by atoms with Gasteiger partial charge in [-0.25, -0.2) is 14.2 Å². The van der Waals surface area contributed by atoms with Crippen molar-refractivity contribution >= 4 is 45.0 Å². The number of fused-ring (bicyclic) bond motifs is 1. The molecule has 42 heavy (non-hydrogen) atoms. The monoisotopic (exact) mass is 642 g/mol. The van der Waals surface area contributed by atoms with Gasteiger partial charge in [0.2, 0.25) is 0 Å². The Morgan fingerprint density at radius 1 is 1.10 bits per heavy atom. The normalized spacial score (nSPS) is 15.0. The number of hydrogen-bond donors (Lipinski definition) is 0. The predicted molar refractivity (Wildman–Crippen MR) is 164 cm³/mol. The molecule has 2 aromatic heterocycles. The van der Waals surface area contributed by atoms with Gasteiger partial charge < -0.3 is 9.15 Å². The van der Waals surface area contributed by atoms with Crippen LogP contribution in [0.1, 0.15) is 35.4 Å². The van der Waals surface area contributed by atoms with Crippen LogP contribution in [0.25, 0.3) is 23.1 Å². The molecule has 0 N–H and O–H groups in total. The molecule has 0 bridgehead atoms. The Balaban J connectivity index is 1.55. The molecule has 1 aliphatic heterocycles. The number of aromatic nitrogens is 1. The highest BCUT2D eigenvalue weighted by atomic mass is 79.9. The van der Waals surface area contributed by atoms with E-state index >= 15 is 0 Å². The molecule has 0 fully saturated rings. The SMILES string of the molecule is CCOC(=O)C1=C(c2ccccc2)N=c2sc(=Cc3ccc(-c4ccc(C)cc4Br)o3)c(=O)n2[C@H]1c1ccc(F)cc1. The van der Waals surface area contributed by atoms with Crippen molar-refractivity contribution in [1.29, 1.82) is 0 Å². The number of ether oxygens (including phenoxy) is 1. The standard InChI is InChI=1S/C33H24BrFN2O4S/c1-3-40-32(39)28-29(20-7-5-4-6-8-20)36-33-37(30(28)21-10-12-22(35)13-11-21)31(38)27(42-33)18-23-14-16-26(41-23)24-15-9-19(2)17-25(24)34/h4-18,30H,3H2,1-2H3/t30-/m0/s1. The number of halogens is 2. The van der Waals surface area contributed by atoms with Crippen LogP contribution < -0.4 is 14.9 Å². The first-order chi connectivity index (χ1) is 20.3. The number of hydrogen-bond acceptors (Lipinski definition) is 6. The summed E-state index contributed by atoms with van der Waals surface area (Å²) in [7, 11) is 0. The van der Waals surface area contributed by atoms with E-state index in [0.717, 1.165) is 15.6 Å². The van der Waals surface area contributed by atoms with E-state index in [2.05, 4.69) is 15.9 Å². The molecule has 210 valence electrons. The molecule has 0 amide bonds. The zero-order valence-electron chi connectivity index (χ0n) is 22.6. The average Bonchev–Trinajstić information content (AvgIpc) is 3.57. The molecule has 3 heterocycles. The van der Waals surface area contributed by atoms with Crippen LogP contribution in [0.2, 0.25) is 0 Å². The summed E-state index contributed by atoms with van der Waals surface area (Å²) in [6, 6.07) is 23.8. The van der Waals surface area contributed by atoms with Gasteiger partial charge in [0.05, 0.1) is 28.5 Å². The second kappa shape index (κ2) is 11.5. The maximum Gasteiger partial charge on any atom is 0.338 e. The van der Waals surface area contributed by atoms with E-state index in [9.17, 15) is 14.0 Å². The third-order valence-electron chi connectivity index (χ3n) is 6.85. The second-order valence-electron chi connectivity index (χ2n) is 9.67. The fourth-order valence-electron chi connectivity index (χ4n) is 4.93. The number of benzene rings is 3. The lowest BCUT2D eigenvalue weighted by molar-refractivity contribution is -0.138. The second-order valence-corrected chi connectivity index (χ2v) is 11.5. The Morgan fingerprint density at radius 3 is 2.57 bits per heavy atom. The number of aryl methyl sites for hydroxylation is 1. The summed E-state index contributed by atoms with van der Waals surface area (Å²) in [6.07, 6.45) is 1.67. The van der Waals surface area contributed by atoms with Gasteiger partial charge >= 0.3 is 5.97 Å². The van der Waals surface area contributed by atoms with E-state index in [-0.39, 0.29) is 17.7 Å². The van der Waals surface area contributed by atoms with Gasteiger partial charge in [0.1, 0.15) is 17.3 Å². The molecule has 6 rings (SSSR count). The minimum atomic E-state index is -0.881. The summed E-state index contributed by atoms with van der Waals surface area (Å²) >= 11 is 4.79. The number of furan rings is 1. The summed E-state index contributed by atoms with van der Waals surface area (Å²) in [5, 5.41) is 0. The van der Waals surface area contributed by atoms with E-state index < -0.39 is 17.8 Å². The van der Waals surface area contributed by atoms with Gasteiger partial charge in [-0.05, 0) is 61.4 Å². The van der Waals surface area contributed by atoms with Crippen molar-refractivity contribution in [2.45, 2.75) is 19.9 Å². The molecule has 3 aromatic carbocycles. The molecular formula is C33H24BrFN2O4S. The van der Waals surface area contributed by atoms with Crippen LogP contribution in [-0.4, -0.2) is 17.1 Å². The van der Waals surface area contributed by atoms with Crippen molar-refractivity contribution < 1.29 is 18.3 Å². The molecule has 5 aromatic rings. The lowest BCUT2D eigenvalue weighted by atomic mass is 9.93. The highest BCUT2D eigenvalue weighted by Crippen LogP contribution is 2.35. The molecule has 0 aliphatic carbocycles. The lowest BCUT2D eigenvalue weighted by Crippen LogP contribution is -2.40. The van der Waals surface area contributed by atoms with Crippen LogP contribution in [0.15, 0.2) is 109 Å². The summed E-state index contributed by atoms with van der Waals surface area (Å²) in [6.45, 7) is 3.87. The van der Waals surface area contributed by atoms with Crippen LogP contribution in [0.4, 0.5) is 4.39 Å². The van der Waals surface area contributed by atoms with Crippen LogP contribution >= 0.6 is 27.3 Å². The number of rotatable bonds is 6. The molecule has 9 heteroatoms. The Bertz CT molecular complexity index is 2020. The zero-order valence-corrected chi connectivity index (χ0v) is 25.0. The molecule has 6 nitrogen and oxygen atoms in total. The number of thiazole rings is 1. The summed E-state index contributed by atoms with van der Waals surface area (Å²) in [5.74, 6) is 0.128. The van der Waals surface area contributed by atoms with Crippen LogP contribution in [0.5, 0.6) is 0 Å². The maximum atomic E-state index is 14.0. The average molecular weight is 644 g/mol. The van der Waals surface area contributed by atoms with E-state index in [0.29, 0.717) is 37.7 Å². The molecule has 0 saturated carbocycles. The van der Waals surface area contributed by atoms with Gasteiger partial charge in [-0.1, -0.05) is 75.8 Å². The lowest BCUT2D eigenvalue weighted by Gasteiger charge is -2.25. The number of carbonyl (C=O) groups is 1. The third-order valence-corrected chi connectivity index (χ3v) is 8.49. The number of esters is 1. The minimum absolute atomic E-state index is 0.142. The van der Waals surface area contributed by atoms with Crippen LogP contribution in [-0.2, 0) is 9.53 Å². The highest BCUT2D eigenvalue weighted by Gasteiger charge is 2.35.